The Hall–Kier alpha value is -2.32. The Labute approximate surface area is 183 Å². The zero-order valence-electron chi connectivity index (χ0n) is 16.7. The third kappa shape index (κ3) is 5.39. The second kappa shape index (κ2) is 9.93. The summed E-state index contributed by atoms with van der Waals surface area (Å²) in [5, 5.41) is 12.2. The van der Waals surface area contributed by atoms with Crippen LogP contribution >= 0.6 is 27.7 Å². The fraction of sp³-hybridized carbons (Fsp3) is 0.286. The predicted molar refractivity (Wildman–Crippen MR) is 123 cm³/mol. The van der Waals surface area contributed by atoms with Crippen molar-refractivity contribution in [3.8, 4) is 11.4 Å². The van der Waals surface area contributed by atoms with Crippen molar-refractivity contribution in [1.82, 2.24) is 14.8 Å². The van der Waals surface area contributed by atoms with Crippen LogP contribution in [0.2, 0.25) is 0 Å². The fourth-order valence-electron chi connectivity index (χ4n) is 3.00. The predicted octanol–water partition coefficient (Wildman–Crippen LogP) is 4.82. The van der Waals surface area contributed by atoms with E-state index in [1.54, 1.807) is 0 Å². The van der Waals surface area contributed by atoms with Gasteiger partial charge in [0.05, 0.1) is 5.75 Å². The van der Waals surface area contributed by atoms with E-state index in [-0.39, 0.29) is 11.7 Å². The van der Waals surface area contributed by atoms with Gasteiger partial charge < -0.3 is 14.8 Å². The molecule has 29 heavy (non-hydrogen) atoms. The summed E-state index contributed by atoms with van der Waals surface area (Å²) in [4.78, 5) is 14.5. The highest BCUT2D eigenvalue weighted by Crippen LogP contribution is 2.25. The molecule has 152 valence electrons. The van der Waals surface area contributed by atoms with E-state index in [1.807, 2.05) is 35.9 Å². The summed E-state index contributed by atoms with van der Waals surface area (Å²) < 4.78 is 2.84. The van der Waals surface area contributed by atoms with E-state index in [4.69, 9.17) is 0 Å². The van der Waals surface area contributed by atoms with Crippen LogP contribution in [-0.4, -0.2) is 39.5 Å². The Kier molecular flexibility index (Phi) is 7.33. The fourth-order valence-corrected chi connectivity index (χ4v) is 4.11. The molecule has 8 heteroatoms. The van der Waals surface area contributed by atoms with Crippen LogP contribution < -0.4 is 10.2 Å². The molecule has 0 aliphatic carbocycles. The van der Waals surface area contributed by atoms with E-state index in [2.05, 4.69) is 74.5 Å². The monoisotopic (exact) mass is 473 g/mol. The first-order valence-electron chi connectivity index (χ1n) is 9.44. The van der Waals surface area contributed by atoms with Gasteiger partial charge in [-0.1, -0.05) is 33.8 Å². The minimum atomic E-state index is -0.0822. The van der Waals surface area contributed by atoms with Crippen molar-refractivity contribution in [3.05, 3.63) is 53.0 Å². The summed E-state index contributed by atoms with van der Waals surface area (Å²) in [6, 6.07) is 15.9. The van der Waals surface area contributed by atoms with Crippen molar-refractivity contribution in [2.24, 2.45) is 7.05 Å². The Morgan fingerprint density at radius 1 is 1.14 bits per heavy atom. The van der Waals surface area contributed by atoms with Crippen molar-refractivity contribution in [1.29, 1.82) is 0 Å². The number of rotatable bonds is 8. The van der Waals surface area contributed by atoms with Gasteiger partial charge in [-0.25, -0.2) is 0 Å². The zero-order chi connectivity index (χ0) is 20.8. The third-order valence-electron chi connectivity index (χ3n) is 4.53. The number of hydrogen-bond donors (Lipinski definition) is 1. The van der Waals surface area contributed by atoms with Gasteiger partial charge >= 0.3 is 0 Å². The average molecular weight is 474 g/mol. The van der Waals surface area contributed by atoms with Crippen molar-refractivity contribution < 1.29 is 4.79 Å². The summed E-state index contributed by atoms with van der Waals surface area (Å²) in [5.74, 6) is 0.964. The molecule has 0 aliphatic rings. The summed E-state index contributed by atoms with van der Waals surface area (Å²) in [7, 11) is 1.92. The van der Waals surface area contributed by atoms with Crippen molar-refractivity contribution in [2.45, 2.75) is 19.0 Å². The number of hydrogen-bond acceptors (Lipinski definition) is 5. The van der Waals surface area contributed by atoms with Crippen LogP contribution in [0.3, 0.4) is 0 Å². The smallest absolute Gasteiger partial charge is 0.234 e. The van der Waals surface area contributed by atoms with Crippen molar-refractivity contribution in [3.63, 3.8) is 0 Å². The molecule has 0 fully saturated rings. The van der Waals surface area contributed by atoms with Gasteiger partial charge in [0, 0.05) is 41.5 Å². The molecule has 1 aromatic heterocycles. The molecule has 6 nitrogen and oxygen atoms in total. The van der Waals surface area contributed by atoms with Gasteiger partial charge in [0.15, 0.2) is 11.0 Å². The second-order valence-corrected chi connectivity index (χ2v) is 8.29. The highest BCUT2D eigenvalue weighted by molar-refractivity contribution is 9.10. The van der Waals surface area contributed by atoms with E-state index in [9.17, 15) is 4.79 Å². The number of aromatic nitrogens is 3. The quantitative estimate of drug-likeness (QED) is 0.475. The van der Waals surface area contributed by atoms with Crippen molar-refractivity contribution >= 4 is 45.0 Å². The van der Waals surface area contributed by atoms with Gasteiger partial charge in [-0.3, -0.25) is 4.79 Å². The van der Waals surface area contributed by atoms with Gasteiger partial charge in [0.2, 0.25) is 5.91 Å². The molecule has 1 heterocycles. The lowest BCUT2D eigenvalue weighted by molar-refractivity contribution is -0.113. The number of anilines is 2. The summed E-state index contributed by atoms with van der Waals surface area (Å²) in [5.41, 5.74) is 2.96. The molecule has 1 amide bonds. The molecule has 1 N–H and O–H groups in total. The molecule has 3 aromatic rings. The molecule has 0 atom stereocenters. The minimum absolute atomic E-state index is 0.0822. The lowest BCUT2D eigenvalue weighted by Gasteiger charge is -2.21. The molecular weight excluding hydrogens is 450 g/mol. The SMILES string of the molecule is CCN(CC)c1ccc(-c2nnc(SCC(=O)Nc3cccc(Br)c3)n2C)cc1. The number of halogens is 1. The minimum Gasteiger partial charge on any atom is -0.372 e. The maximum absolute atomic E-state index is 12.2. The molecule has 0 bridgehead atoms. The number of benzene rings is 2. The summed E-state index contributed by atoms with van der Waals surface area (Å²) in [6.45, 7) is 6.25. The largest absolute Gasteiger partial charge is 0.372 e. The van der Waals surface area contributed by atoms with Gasteiger partial charge in [-0.2, -0.15) is 0 Å². The first-order valence-corrected chi connectivity index (χ1v) is 11.2. The molecule has 0 saturated heterocycles. The zero-order valence-corrected chi connectivity index (χ0v) is 19.1. The molecule has 2 aromatic carbocycles. The molecule has 0 spiro atoms. The van der Waals surface area contributed by atoms with Crippen LogP contribution in [-0.2, 0) is 11.8 Å². The van der Waals surface area contributed by atoms with Crippen molar-refractivity contribution in [2.75, 3.05) is 29.1 Å². The van der Waals surface area contributed by atoms with Crippen LogP contribution in [0.4, 0.5) is 11.4 Å². The lowest BCUT2D eigenvalue weighted by atomic mass is 10.2. The lowest BCUT2D eigenvalue weighted by Crippen LogP contribution is -2.21. The van der Waals surface area contributed by atoms with Gasteiger partial charge in [-0.15, -0.1) is 10.2 Å². The van der Waals surface area contributed by atoms with Crippen LogP contribution in [0, 0.1) is 0 Å². The number of carbonyl (C=O) groups is 1. The highest BCUT2D eigenvalue weighted by Gasteiger charge is 2.13. The van der Waals surface area contributed by atoms with E-state index < -0.39 is 0 Å². The number of nitrogens with one attached hydrogen (secondary N) is 1. The normalized spacial score (nSPS) is 10.8. The first kappa shape index (κ1) is 21.4. The molecular formula is C21H24BrN5OS. The number of nitrogens with zero attached hydrogens (tertiary/aromatic N) is 4. The topological polar surface area (TPSA) is 63.1 Å². The average Bonchev–Trinajstić information content (AvgIpc) is 3.08. The Bertz CT molecular complexity index is 969. The van der Waals surface area contributed by atoms with E-state index in [0.717, 1.165) is 34.6 Å². The summed E-state index contributed by atoms with van der Waals surface area (Å²) >= 11 is 4.77. The summed E-state index contributed by atoms with van der Waals surface area (Å²) in [6.07, 6.45) is 0. The first-order chi connectivity index (χ1) is 14.0. The van der Waals surface area contributed by atoms with E-state index >= 15 is 0 Å². The standard InChI is InChI=1S/C21H24BrN5OS/c1-4-27(5-2)18-11-9-15(10-12-18)20-24-25-21(26(20)3)29-14-19(28)23-17-8-6-7-16(22)13-17/h6-13H,4-5,14H2,1-3H3,(H,23,28). The second-order valence-electron chi connectivity index (χ2n) is 6.43. The third-order valence-corrected chi connectivity index (χ3v) is 6.04. The molecule has 0 aliphatic heterocycles. The molecule has 0 unspecified atom stereocenters. The van der Waals surface area contributed by atoms with Gasteiger partial charge in [0.1, 0.15) is 0 Å². The number of thioether (sulfide) groups is 1. The van der Waals surface area contributed by atoms with Gasteiger partial charge in [0.25, 0.3) is 0 Å². The number of amides is 1. The van der Waals surface area contributed by atoms with Crippen LogP contribution in [0.1, 0.15) is 13.8 Å². The molecule has 3 rings (SSSR count). The highest BCUT2D eigenvalue weighted by atomic mass is 79.9. The maximum atomic E-state index is 12.2. The van der Waals surface area contributed by atoms with Crippen LogP contribution in [0.25, 0.3) is 11.4 Å². The van der Waals surface area contributed by atoms with E-state index in [0.29, 0.717) is 5.16 Å². The Morgan fingerprint density at radius 2 is 1.86 bits per heavy atom. The van der Waals surface area contributed by atoms with Gasteiger partial charge in [-0.05, 0) is 56.3 Å². The molecule has 0 radical (unpaired) electrons. The Balaban J connectivity index is 1.64. The Morgan fingerprint density at radius 3 is 2.52 bits per heavy atom. The van der Waals surface area contributed by atoms with E-state index in [1.165, 1.54) is 17.4 Å². The molecule has 0 saturated carbocycles. The van der Waals surface area contributed by atoms with Crippen LogP contribution in [0.5, 0.6) is 0 Å². The maximum Gasteiger partial charge on any atom is 0.234 e. The number of carbonyl (C=O) groups excluding carboxylic acids is 1. The van der Waals surface area contributed by atoms with Crippen LogP contribution in [0.15, 0.2) is 58.2 Å².